The first kappa shape index (κ1) is 20.5. The standard InChI is InChI=1S/C25H25ClN2O2/c1-30-23-9-5-8-21(18-23)25(29)28-16-14-27(15-17-28)24(19-6-3-2-4-7-19)20-10-12-22(26)13-11-20/h2-13,18,24H,14-17H2,1H3. The lowest BCUT2D eigenvalue weighted by Gasteiger charge is -2.39. The molecule has 0 aliphatic carbocycles. The van der Waals surface area contributed by atoms with Crippen LogP contribution in [-0.2, 0) is 0 Å². The number of carbonyl (C=O) groups excluding carboxylic acids is 1. The summed E-state index contributed by atoms with van der Waals surface area (Å²) in [5.41, 5.74) is 3.12. The number of carbonyl (C=O) groups is 1. The van der Waals surface area contributed by atoms with Crippen molar-refractivity contribution in [3.05, 3.63) is 101 Å². The van der Waals surface area contributed by atoms with Gasteiger partial charge in [0.05, 0.1) is 13.2 Å². The van der Waals surface area contributed by atoms with Gasteiger partial charge < -0.3 is 9.64 Å². The number of piperazine rings is 1. The van der Waals surface area contributed by atoms with Gasteiger partial charge in [-0.1, -0.05) is 60.1 Å². The number of nitrogens with zero attached hydrogens (tertiary/aromatic N) is 2. The fraction of sp³-hybridized carbons (Fsp3) is 0.240. The normalized spacial score (nSPS) is 15.6. The Morgan fingerprint density at radius 2 is 1.53 bits per heavy atom. The van der Waals surface area contributed by atoms with Crippen LogP contribution in [0.15, 0.2) is 78.9 Å². The van der Waals surface area contributed by atoms with Crippen molar-refractivity contribution >= 4 is 17.5 Å². The van der Waals surface area contributed by atoms with E-state index in [1.807, 2.05) is 41.3 Å². The molecule has 30 heavy (non-hydrogen) atoms. The van der Waals surface area contributed by atoms with Crippen molar-refractivity contribution in [2.24, 2.45) is 0 Å². The Morgan fingerprint density at radius 1 is 0.867 bits per heavy atom. The van der Waals surface area contributed by atoms with Gasteiger partial charge in [-0.2, -0.15) is 0 Å². The minimum Gasteiger partial charge on any atom is -0.497 e. The van der Waals surface area contributed by atoms with Crippen LogP contribution < -0.4 is 4.74 Å². The summed E-state index contributed by atoms with van der Waals surface area (Å²) in [4.78, 5) is 17.3. The minimum atomic E-state index is 0.0521. The Kier molecular flexibility index (Phi) is 6.36. The van der Waals surface area contributed by atoms with E-state index in [1.165, 1.54) is 11.1 Å². The van der Waals surface area contributed by atoms with Crippen LogP contribution in [0.3, 0.4) is 0 Å². The summed E-state index contributed by atoms with van der Waals surface area (Å²) in [5, 5.41) is 0.735. The maximum Gasteiger partial charge on any atom is 0.254 e. The number of hydrogen-bond acceptors (Lipinski definition) is 3. The second kappa shape index (κ2) is 9.33. The van der Waals surface area contributed by atoms with Crippen molar-refractivity contribution in [1.29, 1.82) is 0 Å². The molecule has 1 atom stereocenters. The molecule has 1 amide bonds. The molecule has 1 saturated heterocycles. The van der Waals surface area contributed by atoms with E-state index in [4.69, 9.17) is 16.3 Å². The van der Waals surface area contributed by atoms with Gasteiger partial charge in [-0.15, -0.1) is 0 Å². The van der Waals surface area contributed by atoms with E-state index in [0.29, 0.717) is 24.4 Å². The van der Waals surface area contributed by atoms with Crippen LogP contribution in [0.4, 0.5) is 0 Å². The van der Waals surface area contributed by atoms with E-state index in [2.05, 4.69) is 41.3 Å². The van der Waals surface area contributed by atoms with Crippen LogP contribution in [-0.4, -0.2) is 49.0 Å². The summed E-state index contributed by atoms with van der Waals surface area (Å²) in [7, 11) is 1.61. The highest BCUT2D eigenvalue weighted by molar-refractivity contribution is 6.30. The van der Waals surface area contributed by atoms with Crippen LogP contribution in [0, 0.1) is 0 Å². The number of ether oxygens (including phenoxy) is 1. The molecule has 154 valence electrons. The van der Waals surface area contributed by atoms with Gasteiger partial charge in [0.25, 0.3) is 5.91 Å². The molecular formula is C25H25ClN2O2. The lowest BCUT2D eigenvalue weighted by molar-refractivity contribution is 0.0597. The van der Waals surface area contributed by atoms with Crippen LogP contribution in [0.1, 0.15) is 27.5 Å². The first-order chi connectivity index (χ1) is 14.7. The quantitative estimate of drug-likeness (QED) is 0.588. The number of rotatable bonds is 5. The summed E-state index contributed by atoms with van der Waals surface area (Å²) in [5.74, 6) is 0.752. The highest BCUT2D eigenvalue weighted by Gasteiger charge is 2.28. The molecule has 0 N–H and O–H groups in total. The molecular weight excluding hydrogens is 396 g/mol. The maximum atomic E-state index is 13.0. The molecule has 3 aromatic carbocycles. The summed E-state index contributed by atoms with van der Waals surface area (Å²) >= 11 is 6.12. The third kappa shape index (κ3) is 4.50. The van der Waals surface area contributed by atoms with Gasteiger partial charge in [-0.05, 0) is 41.5 Å². The minimum absolute atomic E-state index is 0.0521. The fourth-order valence-electron chi connectivity index (χ4n) is 4.02. The SMILES string of the molecule is COc1cccc(C(=O)N2CCN(C(c3ccccc3)c3ccc(Cl)cc3)CC2)c1. The van der Waals surface area contributed by atoms with Gasteiger partial charge >= 0.3 is 0 Å². The Morgan fingerprint density at radius 3 is 2.20 bits per heavy atom. The zero-order valence-corrected chi connectivity index (χ0v) is 17.8. The number of hydrogen-bond donors (Lipinski definition) is 0. The molecule has 1 aliphatic rings. The Hall–Kier alpha value is -2.82. The third-order valence-electron chi connectivity index (χ3n) is 5.58. The monoisotopic (exact) mass is 420 g/mol. The molecule has 5 heteroatoms. The van der Waals surface area contributed by atoms with Gasteiger partial charge in [0.15, 0.2) is 0 Å². The molecule has 3 aromatic rings. The predicted molar refractivity (Wildman–Crippen MR) is 120 cm³/mol. The maximum absolute atomic E-state index is 13.0. The lowest BCUT2D eigenvalue weighted by Crippen LogP contribution is -2.49. The highest BCUT2D eigenvalue weighted by atomic mass is 35.5. The Bertz CT molecular complexity index is 984. The fourth-order valence-corrected chi connectivity index (χ4v) is 4.14. The topological polar surface area (TPSA) is 32.8 Å². The number of halogens is 1. The van der Waals surface area contributed by atoms with E-state index in [-0.39, 0.29) is 11.9 Å². The number of amides is 1. The van der Waals surface area contributed by atoms with Gasteiger partial charge in [0, 0.05) is 36.8 Å². The average molecular weight is 421 g/mol. The third-order valence-corrected chi connectivity index (χ3v) is 5.84. The summed E-state index contributed by atoms with van der Waals surface area (Å²) in [6, 6.07) is 26.0. The molecule has 4 rings (SSSR count). The molecule has 0 spiro atoms. The van der Waals surface area contributed by atoms with E-state index in [1.54, 1.807) is 13.2 Å². The summed E-state index contributed by atoms with van der Waals surface area (Å²) in [6.45, 7) is 2.98. The van der Waals surface area contributed by atoms with E-state index in [9.17, 15) is 4.79 Å². The molecule has 0 saturated carbocycles. The summed E-state index contributed by atoms with van der Waals surface area (Å²) < 4.78 is 5.26. The first-order valence-corrected chi connectivity index (χ1v) is 10.5. The van der Waals surface area contributed by atoms with Crippen molar-refractivity contribution in [3.63, 3.8) is 0 Å². The van der Waals surface area contributed by atoms with Crippen molar-refractivity contribution < 1.29 is 9.53 Å². The largest absolute Gasteiger partial charge is 0.497 e. The molecule has 0 bridgehead atoms. The smallest absolute Gasteiger partial charge is 0.254 e. The lowest BCUT2D eigenvalue weighted by atomic mass is 9.96. The van der Waals surface area contributed by atoms with Crippen LogP contribution in [0.5, 0.6) is 5.75 Å². The number of methoxy groups -OCH3 is 1. The molecule has 0 radical (unpaired) electrons. The van der Waals surface area contributed by atoms with E-state index >= 15 is 0 Å². The highest BCUT2D eigenvalue weighted by Crippen LogP contribution is 2.30. The van der Waals surface area contributed by atoms with Crippen LogP contribution in [0.25, 0.3) is 0 Å². The van der Waals surface area contributed by atoms with Crippen molar-refractivity contribution in [2.75, 3.05) is 33.3 Å². The van der Waals surface area contributed by atoms with Crippen LogP contribution >= 0.6 is 11.6 Å². The molecule has 0 aromatic heterocycles. The van der Waals surface area contributed by atoms with Crippen molar-refractivity contribution in [3.8, 4) is 5.75 Å². The molecule has 4 nitrogen and oxygen atoms in total. The van der Waals surface area contributed by atoms with Gasteiger partial charge in [0.2, 0.25) is 0 Å². The zero-order valence-electron chi connectivity index (χ0n) is 17.0. The van der Waals surface area contributed by atoms with Crippen molar-refractivity contribution in [2.45, 2.75) is 6.04 Å². The Labute approximate surface area is 182 Å². The first-order valence-electron chi connectivity index (χ1n) is 10.1. The second-order valence-corrected chi connectivity index (χ2v) is 7.86. The zero-order chi connectivity index (χ0) is 20.9. The Balaban J connectivity index is 1.51. The van der Waals surface area contributed by atoms with Gasteiger partial charge in [0.1, 0.15) is 5.75 Å². The van der Waals surface area contributed by atoms with Crippen molar-refractivity contribution in [1.82, 2.24) is 9.80 Å². The predicted octanol–water partition coefficient (Wildman–Crippen LogP) is 4.90. The summed E-state index contributed by atoms with van der Waals surface area (Å²) in [6.07, 6.45) is 0. The van der Waals surface area contributed by atoms with E-state index in [0.717, 1.165) is 18.1 Å². The molecule has 1 aliphatic heterocycles. The van der Waals surface area contributed by atoms with Gasteiger partial charge in [-0.3, -0.25) is 9.69 Å². The average Bonchev–Trinajstić information content (AvgIpc) is 2.81. The van der Waals surface area contributed by atoms with Crippen LogP contribution in [0.2, 0.25) is 5.02 Å². The number of benzene rings is 3. The molecule has 1 heterocycles. The molecule has 1 unspecified atom stereocenters. The van der Waals surface area contributed by atoms with Gasteiger partial charge in [-0.25, -0.2) is 0 Å². The second-order valence-electron chi connectivity index (χ2n) is 7.42. The molecule has 1 fully saturated rings. The van der Waals surface area contributed by atoms with E-state index < -0.39 is 0 Å².